The average Bonchev–Trinajstić information content (AvgIpc) is 1.79. The molecule has 0 aromatic rings. The van der Waals surface area contributed by atoms with Gasteiger partial charge in [0.1, 0.15) is 0 Å². The Bertz CT molecular complexity index is 629. The van der Waals surface area contributed by atoms with Crippen LogP contribution in [-0.2, 0) is 52.0 Å². The molecular weight excluding hydrogens is 809 g/mol. The zero-order valence-electron chi connectivity index (χ0n) is 12.8. The minimum absolute atomic E-state index is 0. The van der Waals surface area contributed by atoms with Gasteiger partial charge in [0, 0.05) is 52.0 Å². The maximum atomic E-state index is 8.52. The van der Waals surface area contributed by atoms with Crippen molar-refractivity contribution in [2.45, 2.75) is 0 Å². The van der Waals surface area contributed by atoms with E-state index in [0.29, 0.717) is 0 Å². The minimum Gasteiger partial charge on any atom is -0.759 e. The minimum atomic E-state index is -5.17. The molecule has 0 N–H and O–H groups in total. The van der Waals surface area contributed by atoms with Gasteiger partial charge in [-0.2, -0.15) is 0 Å². The molecule has 0 fully saturated rings. The van der Waals surface area contributed by atoms with Gasteiger partial charge in [-0.3, -0.25) is 42.1 Å². The molecule has 0 spiro atoms. The summed E-state index contributed by atoms with van der Waals surface area (Å²) in [5.41, 5.74) is 0. The third-order valence-corrected chi connectivity index (χ3v) is 0. The van der Waals surface area contributed by atoms with E-state index in [9.17, 15) is 0 Å². The Labute approximate surface area is 266 Å². The van der Waals surface area contributed by atoms with Crippen molar-refractivity contribution in [3.8, 4) is 0 Å². The van der Waals surface area contributed by atoms with Crippen LogP contribution in [0.15, 0.2) is 0 Å². The Morgan fingerprint density at radius 2 is 0.276 bits per heavy atom. The second kappa shape index (κ2) is 26.2. The van der Waals surface area contributed by atoms with Crippen molar-refractivity contribution in [1.29, 1.82) is 0 Å². The Hall–Kier alpha value is 3.56. The van der Waals surface area contributed by atoms with Crippen molar-refractivity contribution in [2.24, 2.45) is 0 Å². The first-order valence-electron chi connectivity index (χ1n) is 3.33. The summed E-state index contributed by atoms with van der Waals surface area (Å²) in [5, 5.41) is 0. The van der Waals surface area contributed by atoms with Crippen molar-refractivity contribution in [1.82, 2.24) is 0 Å². The quantitative estimate of drug-likeness (QED) is 0.125. The topological polar surface area (TPSA) is 401 Å². The van der Waals surface area contributed by atoms with Gasteiger partial charge in [-0.25, -0.2) is 0 Å². The summed E-state index contributed by atoms with van der Waals surface area (Å²) in [4.78, 5) is 0. The van der Waals surface area contributed by atoms with Crippen molar-refractivity contribution >= 4 is 184 Å². The molecule has 29 heavy (non-hydrogen) atoms. The van der Waals surface area contributed by atoms with E-state index in [0.717, 1.165) is 0 Å². The van der Waals surface area contributed by atoms with Crippen LogP contribution in [0, 0.1) is 0 Å². The van der Waals surface area contributed by atoms with Crippen molar-refractivity contribution in [3.05, 3.63) is 0 Å². The Kier molecular flexibility index (Phi) is 52.7. The second-order valence-electron chi connectivity index (χ2n) is 2.04. The molecule has 0 saturated carbocycles. The van der Waals surface area contributed by atoms with Gasteiger partial charge in [-0.05, 0) is 0 Å². The van der Waals surface area contributed by atoms with Crippen LogP contribution in [0.25, 0.3) is 0 Å². The second-order valence-corrected chi connectivity index (χ2v) is 6.12. The number of rotatable bonds is 0. The van der Waals surface area contributed by atoms with Crippen LogP contribution in [0.4, 0.5) is 0 Å². The fourth-order valence-corrected chi connectivity index (χ4v) is 0. The molecule has 0 heterocycles. The SMILES string of the molecule is O=S(=O)([O-])[O-].O=S(=O)([O-])[O-].O=S(=O)([O-])[O-].O=S(=O)([O-])[O-].O=S(=O)([O-])[O-].[Al+3].[Al+3].[Ba+2].[Ba+2]. The fourth-order valence-electron chi connectivity index (χ4n) is 0. The maximum absolute atomic E-state index is 8.52. The van der Waals surface area contributed by atoms with E-state index >= 15 is 0 Å². The van der Waals surface area contributed by atoms with E-state index in [2.05, 4.69) is 0 Å². The van der Waals surface area contributed by atoms with E-state index in [1.54, 1.807) is 0 Å². The molecule has 0 atom stereocenters. The molecule has 0 aromatic carbocycles. The Morgan fingerprint density at radius 1 is 0.276 bits per heavy atom. The van der Waals surface area contributed by atoms with Gasteiger partial charge in [-0.15, -0.1) is 0 Å². The first-order valence-corrected chi connectivity index (χ1v) is 10.0. The van der Waals surface area contributed by atoms with Crippen molar-refractivity contribution in [2.75, 3.05) is 0 Å². The summed E-state index contributed by atoms with van der Waals surface area (Å²) in [6.07, 6.45) is 0. The molecule has 0 aromatic heterocycles. The number of hydrogen-bond donors (Lipinski definition) is 0. The van der Waals surface area contributed by atoms with Crippen LogP contribution in [0.3, 0.4) is 0 Å². The van der Waals surface area contributed by atoms with Crippen LogP contribution in [0.5, 0.6) is 0 Å². The Balaban J connectivity index is -0.0000000238. The number of hydrogen-bond acceptors (Lipinski definition) is 20. The summed E-state index contributed by atoms with van der Waals surface area (Å²) >= 11 is 0. The first-order chi connectivity index (χ1) is 10.0. The van der Waals surface area contributed by atoms with Gasteiger partial charge < -0.3 is 45.5 Å². The van der Waals surface area contributed by atoms with Gasteiger partial charge >= 0.3 is 132 Å². The molecule has 0 amide bonds. The zero-order valence-corrected chi connectivity index (χ0v) is 28.0. The van der Waals surface area contributed by atoms with Gasteiger partial charge in [0.15, 0.2) is 0 Å². The maximum Gasteiger partial charge on any atom is 3.00 e. The molecule has 0 aliphatic heterocycles. The summed E-state index contributed by atoms with van der Waals surface area (Å²) in [6, 6.07) is 0. The van der Waals surface area contributed by atoms with Crippen LogP contribution >= 0.6 is 0 Å². The summed E-state index contributed by atoms with van der Waals surface area (Å²) in [7, 11) is -25.8. The van der Waals surface area contributed by atoms with Gasteiger partial charge in [-0.1, -0.05) is 0 Å². The van der Waals surface area contributed by atoms with Crippen molar-refractivity contribution < 1.29 is 87.6 Å². The molecular formula is Al2Ba2O20S5. The smallest absolute Gasteiger partial charge is 0.759 e. The van der Waals surface area contributed by atoms with E-state index < -0.39 is 52.0 Å². The third-order valence-electron chi connectivity index (χ3n) is 0. The normalized spacial score (nSPS) is 10.0. The molecule has 0 unspecified atom stereocenters. The van der Waals surface area contributed by atoms with E-state index in [4.69, 9.17) is 87.6 Å². The van der Waals surface area contributed by atoms with Gasteiger partial charge in [0.05, 0.1) is 0 Å². The van der Waals surface area contributed by atoms with Gasteiger partial charge in [0.25, 0.3) is 0 Å². The van der Waals surface area contributed by atoms with Crippen molar-refractivity contribution in [3.63, 3.8) is 0 Å². The van der Waals surface area contributed by atoms with E-state index in [1.165, 1.54) is 0 Å². The van der Waals surface area contributed by atoms with Crippen LogP contribution in [0.1, 0.15) is 0 Å². The molecule has 0 saturated heterocycles. The molecule has 0 radical (unpaired) electrons. The first kappa shape index (κ1) is 58.4. The molecule has 20 nitrogen and oxygen atoms in total. The molecule has 0 rings (SSSR count). The van der Waals surface area contributed by atoms with Crippen LogP contribution < -0.4 is 0 Å². The monoisotopic (exact) mass is 810 g/mol. The predicted molar refractivity (Wildman–Crippen MR) is 75.4 cm³/mol. The van der Waals surface area contributed by atoms with Crippen LogP contribution in [0.2, 0.25) is 0 Å². The summed E-state index contributed by atoms with van der Waals surface area (Å²) < 4.78 is 170. The molecule has 0 aliphatic carbocycles. The molecule has 0 aliphatic rings. The standard InChI is InChI=1S/2Al.2Ba.5H2O4S/c;;;;5*1-5(2,3)4/h;;;;5*(H2,1,2,3,4)/q2*+3;2*+2;;;;;/p-10. The third kappa shape index (κ3) is 2180. The molecule has 29 heteroatoms. The summed E-state index contributed by atoms with van der Waals surface area (Å²) in [6.45, 7) is 0. The largest absolute Gasteiger partial charge is 3.00 e. The van der Waals surface area contributed by atoms with Crippen LogP contribution in [-0.4, -0.2) is 220 Å². The molecule has 160 valence electrons. The molecule has 0 bridgehead atoms. The summed E-state index contributed by atoms with van der Waals surface area (Å²) in [5.74, 6) is 0. The van der Waals surface area contributed by atoms with Gasteiger partial charge in [0.2, 0.25) is 0 Å². The van der Waals surface area contributed by atoms with E-state index in [-0.39, 0.29) is 132 Å². The van der Waals surface area contributed by atoms with E-state index in [1.807, 2.05) is 0 Å². The predicted octanol–water partition coefficient (Wildman–Crippen LogP) is -8.21. The average molecular weight is 809 g/mol. The zero-order chi connectivity index (χ0) is 22.5. The Morgan fingerprint density at radius 3 is 0.276 bits per heavy atom. The fraction of sp³-hybridized carbons (Fsp3) is 0.